The van der Waals surface area contributed by atoms with Crippen LogP contribution in [0.25, 0.3) is 38.3 Å². The van der Waals surface area contributed by atoms with Gasteiger partial charge in [-0.3, -0.25) is 4.98 Å². The van der Waals surface area contributed by atoms with Crippen LogP contribution >= 0.6 is 7.14 Å². The van der Waals surface area contributed by atoms with E-state index in [1.165, 1.54) is 0 Å². The Labute approximate surface area is 215 Å². The largest absolute Gasteiger partial charge is 0.309 e. The lowest BCUT2D eigenvalue weighted by atomic mass is 10.1. The molecule has 0 unspecified atom stereocenters. The molecule has 0 fully saturated rings. The van der Waals surface area contributed by atoms with E-state index < -0.39 is 7.14 Å². The van der Waals surface area contributed by atoms with Gasteiger partial charge in [-0.2, -0.15) is 0 Å². The van der Waals surface area contributed by atoms with E-state index in [0.29, 0.717) is 0 Å². The smallest absolute Gasteiger partial charge is 0.171 e. The topological polar surface area (TPSA) is 34.9 Å². The van der Waals surface area contributed by atoms with E-state index >= 15 is 4.57 Å². The van der Waals surface area contributed by atoms with E-state index in [0.717, 1.165) is 54.2 Å². The van der Waals surface area contributed by atoms with Gasteiger partial charge in [0.2, 0.25) is 0 Å². The standard InChI is InChI=1S/C33H23N2OP/c36-37(25-12-3-1-4-13-25,26-14-5-2-6-15-26)27-19-20-32-30(21-27)29-17-9-10-18-31(29)35(32)33-23-34-22-24-11-7-8-16-28(24)33/h1-23H. The number of aromatic nitrogens is 2. The Bertz CT molecular complexity index is 1910. The van der Waals surface area contributed by atoms with Gasteiger partial charge >= 0.3 is 0 Å². The quantitative estimate of drug-likeness (QED) is 0.248. The molecule has 0 amide bonds. The maximum Gasteiger partial charge on any atom is 0.171 e. The second-order valence-corrected chi connectivity index (χ2v) is 12.0. The summed E-state index contributed by atoms with van der Waals surface area (Å²) in [7, 11) is -3.08. The van der Waals surface area contributed by atoms with E-state index in [-0.39, 0.29) is 0 Å². The van der Waals surface area contributed by atoms with Crippen molar-refractivity contribution in [1.29, 1.82) is 0 Å². The van der Waals surface area contributed by atoms with Crippen LogP contribution in [-0.4, -0.2) is 9.55 Å². The molecule has 0 saturated heterocycles. The normalized spacial score (nSPS) is 11.9. The lowest BCUT2D eigenvalue weighted by Gasteiger charge is -2.20. The maximum absolute atomic E-state index is 15.0. The van der Waals surface area contributed by atoms with Crippen molar-refractivity contribution in [3.05, 3.63) is 140 Å². The van der Waals surface area contributed by atoms with E-state index in [1.54, 1.807) is 0 Å². The maximum atomic E-state index is 15.0. The Morgan fingerprint density at radius 2 is 1.11 bits per heavy atom. The average Bonchev–Trinajstić information content (AvgIpc) is 3.31. The van der Waals surface area contributed by atoms with Crippen LogP contribution in [0.2, 0.25) is 0 Å². The summed E-state index contributed by atoms with van der Waals surface area (Å²) in [5, 5.41) is 6.94. The Balaban J connectivity index is 1.55. The van der Waals surface area contributed by atoms with E-state index in [4.69, 9.17) is 0 Å². The van der Waals surface area contributed by atoms with Crippen molar-refractivity contribution in [2.45, 2.75) is 0 Å². The minimum absolute atomic E-state index is 0.830. The SMILES string of the molecule is O=P(c1ccccc1)(c1ccccc1)c1ccc2c(c1)c1ccccc1n2-c1cncc2ccccc12. The highest BCUT2D eigenvalue weighted by Gasteiger charge is 2.30. The average molecular weight is 495 g/mol. The molecule has 0 aliphatic carbocycles. The molecule has 0 radical (unpaired) electrons. The molecule has 0 saturated carbocycles. The summed E-state index contributed by atoms with van der Waals surface area (Å²) in [6, 6.07) is 42.7. The first-order valence-electron chi connectivity index (χ1n) is 12.3. The zero-order chi connectivity index (χ0) is 24.8. The van der Waals surface area contributed by atoms with Crippen LogP contribution in [0.5, 0.6) is 0 Å². The molecule has 2 heterocycles. The van der Waals surface area contributed by atoms with Crippen molar-refractivity contribution in [2.75, 3.05) is 0 Å². The number of benzene rings is 5. The first kappa shape index (κ1) is 21.8. The first-order valence-corrected chi connectivity index (χ1v) is 14.0. The summed E-state index contributed by atoms with van der Waals surface area (Å²) < 4.78 is 17.3. The summed E-state index contributed by atoms with van der Waals surface area (Å²) in [5.74, 6) is 0. The molecule has 176 valence electrons. The number of rotatable bonds is 4. The number of nitrogens with zero attached hydrogens (tertiary/aromatic N) is 2. The first-order chi connectivity index (χ1) is 18.2. The zero-order valence-electron chi connectivity index (χ0n) is 20.0. The van der Waals surface area contributed by atoms with E-state index in [1.807, 2.05) is 85.2 Å². The highest BCUT2D eigenvalue weighted by molar-refractivity contribution is 7.85. The molecule has 7 aromatic rings. The Morgan fingerprint density at radius 1 is 0.514 bits per heavy atom. The molecule has 0 spiro atoms. The molecule has 2 aromatic heterocycles. The second kappa shape index (κ2) is 8.58. The van der Waals surface area contributed by atoms with Crippen LogP contribution in [-0.2, 0) is 4.57 Å². The fraction of sp³-hybridized carbons (Fsp3) is 0. The fourth-order valence-corrected chi connectivity index (χ4v) is 8.09. The van der Waals surface area contributed by atoms with Crippen molar-refractivity contribution < 1.29 is 4.57 Å². The summed E-state index contributed by atoms with van der Waals surface area (Å²) in [4.78, 5) is 4.55. The van der Waals surface area contributed by atoms with Crippen LogP contribution in [0.1, 0.15) is 0 Å². The number of fused-ring (bicyclic) bond motifs is 4. The van der Waals surface area contributed by atoms with Crippen LogP contribution in [0.3, 0.4) is 0 Å². The van der Waals surface area contributed by atoms with Crippen molar-refractivity contribution in [1.82, 2.24) is 9.55 Å². The summed E-state index contributed by atoms with van der Waals surface area (Å²) in [6.07, 6.45) is 3.84. The lowest BCUT2D eigenvalue weighted by Crippen LogP contribution is -2.24. The minimum atomic E-state index is -3.08. The van der Waals surface area contributed by atoms with Gasteiger partial charge in [-0.05, 0) is 24.3 Å². The van der Waals surface area contributed by atoms with Crippen LogP contribution in [0.15, 0.2) is 140 Å². The molecule has 0 N–H and O–H groups in total. The third-order valence-electron chi connectivity index (χ3n) is 7.15. The van der Waals surface area contributed by atoms with Gasteiger partial charge in [0.1, 0.15) is 0 Å². The Kier molecular flexibility index (Phi) is 5.06. The molecule has 37 heavy (non-hydrogen) atoms. The van der Waals surface area contributed by atoms with Crippen LogP contribution in [0, 0.1) is 0 Å². The second-order valence-electron chi connectivity index (χ2n) is 9.21. The molecule has 0 aliphatic rings. The van der Waals surface area contributed by atoms with Crippen molar-refractivity contribution in [3.8, 4) is 5.69 Å². The van der Waals surface area contributed by atoms with Gasteiger partial charge in [0.15, 0.2) is 7.14 Å². The van der Waals surface area contributed by atoms with Crippen LogP contribution in [0.4, 0.5) is 0 Å². The molecule has 0 aliphatic heterocycles. The summed E-state index contributed by atoms with van der Waals surface area (Å²) >= 11 is 0. The number of hydrogen-bond acceptors (Lipinski definition) is 2. The number of pyridine rings is 1. The van der Waals surface area contributed by atoms with Crippen molar-refractivity contribution in [3.63, 3.8) is 0 Å². The van der Waals surface area contributed by atoms with Gasteiger partial charge in [-0.1, -0.05) is 103 Å². The monoisotopic (exact) mass is 494 g/mol. The Morgan fingerprint density at radius 3 is 1.84 bits per heavy atom. The minimum Gasteiger partial charge on any atom is -0.309 e. The lowest BCUT2D eigenvalue weighted by molar-refractivity contribution is 0.592. The molecule has 5 aromatic carbocycles. The zero-order valence-corrected chi connectivity index (χ0v) is 20.9. The summed E-state index contributed by atoms with van der Waals surface area (Å²) in [6.45, 7) is 0. The number of para-hydroxylation sites is 1. The van der Waals surface area contributed by atoms with Gasteiger partial charge in [-0.15, -0.1) is 0 Å². The van der Waals surface area contributed by atoms with Gasteiger partial charge in [0.25, 0.3) is 0 Å². The molecule has 4 heteroatoms. The predicted octanol–water partition coefficient (Wildman–Crippen LogP) is 6.97. The Hall–Kier alpha value is -4.46. The fourth-order valence-electron chi connectivity index (χ4n) is 5.42. The highest BCUT2D eigenvalue weighted by Crippen LogP contribution is 2.44. The molecular weight excluding hydrogens is 471 g/mol. The third kappa shape index (κ3) is 3.36. The third-order valence-corrected chi connectivity index (χ3v) is 10.2. The molecule has 0 bridgehead atoms. The molecular formula is C33H23N2OP. The molecule has 0 atom stereocenters. The molecule has 3 nitrogen and oxygen atoms in total. The van der Waals surface area contributed by atoms with Crippen LogP contribution < -0.4 is 15.9 Å². The highest BCUT2D eigenvalue weighted by atomic mass is 31.2. The van der Waals surface area contributed by atoms with E-state index in [2.05, 4.69) is 64.1 Å². The van der Waals surface area contributed by atoms with Gasteiger partial charge in [0.05, 0.1) is 22.9 Å². The number of hydrogen-bond donors (Lipinski definition) is 0. The van der Waals surface area contributed by atoms with Gasteiger partial charge in [0, 0.05) is 43.7 Å². The van der Waals surface area contributed by atoms with Gasteiger partial charge < -0.3 is 9.13 Å². The van der Waals surface area contributed by atoms with Crippen molar-refractivity contribution >= 4 is 55.6 Å². The summed E-state index contributed by atoms with van der Waals surface area (Å²) in [5.41, 5.74) is 3.20. The van der Waals surface area contributed by atoms with E-state index in [9.17, 15) is 0 Å². The predicted molar refractivity (Wildman–Crippen MR) is 155 cm³/mol. The van der Waals surface area contributed by atoms with Gasteiger partial charge in [-0.25, -0.2) is 0 Å². The van der Waals surface area contributed by atoms with Crippen molar-refractivity contribution in [2.24, 2.45) is 0 Å². The molecule has 7 rings (SSSR count).